The van der Waals surface area contributed by atoms with Crippen molar-refractivity contribution in [1.29, 1.82) is 0 Å². The molecule has 0 unspecified atom stereocenters. The van der Waals surface area contributed by atoms with Gasteiger partial charge in [-0.25, -0.2) is 4.39 Å². The number of amides is 2. The molecule has 20 heavy (non-hydrogen) atoms. The number of halogens is 1. The van der Waals surface area contributed by atoms with Crippen molar-refractivity contribution in [3.05, 3.63) is 29.6 Å². The molecular weight excluding hydrogens is 261 g/mol. The summed E-state index contributed by atoms with van der Waals surface area (Å²) in [7, 11) is 0. The van der Waals surface area contributed by atoms with Gasteiger partial charge in [0.25, 0.3) is 5.91 Å². The number of rotatable bonds is 5. The van der Waals surface area contributed by atoms with Crippen LogP contribution in [-0.2, 0) is 4.79 Å². The molecule has 0 aliphatic carbocycles. The predicted molar refractivity (Wildman–Crippen MR) is 75.7 cm³/mol. The number of carbonyl (C=O) groups is 2. The van der Waals surface area contributed by atoms with Gasteiger partial charge in [0.15, 0.2) is 0 Å². The van der Waals surface area contributed by atoms with Crippen LogP contribution in [-0.4, -0.2) is 35.8 Å². The first-order valence-corrected chi connectivity index (χ1v) is 6.48. The topological polar surface area (TPSA) is 75.4 Å². The van der Waals surface area contributed by atoms with Crippen molar-refractivity contribution in [2.45, 2.75) is 26.8 Å². The molecule has 0 fully saturated rings. The summed E-state index contributed by atoms with van der Waals surface area (Å²) in [5, 5.41) is 2.72. The van der Waals surface area contributed by atoms with Crippen LogP contribution in [0.2, 0.25) is 0 Å². The fourth-order valence-electron chi connectivity index (χ4n) is 1.73. The first-order valence-electron chi connectivity index (χ1n) is 6.48. The van der Waals surface area contributed by atoms with Crippen LogP contribution >= 0.6 is 0 Å². The molecule has 6 heteroatoms. The molecule has 5 nitrogen and oxygen atoms in total. The number of likely N-dealkylation sites (N-methyl/N-ethyl adjacent to an activating group) is 1. The highest BCUT2D eigenvalue weighted by molar-refractivity contribution is 5.97. The average Bonchev–Trinajstić information content (AvgIpc) is 2.37. The van der Waals surface area contributed by atoms with Gasteiger partial charge in [-0.05, 0) is 39.0 Å². The molecule has 0 aliphatic heterocycles. The maximum atomic E-state index is 13.1. The van der Waals surface area contributed by atoms with Crippen molar-refractivity contribution in [2.24, 2.45) is 0 Å². The number of benzene rings is 1. The van der Waals surface area contributed by atoms with Crippen LogP contribution in [0.5, 0.6) is 0 Å². The highest BCUT2D eigenvalue weighted by Crippen LogP contribution is 2.14. The maximum Gasteiger partial charge on any atom is 0.254 e. The third kappa shape index (κ3) is 4.22. The Hall–Kier alpha value is -2.11. The summed E-state index contributed by atoms with van der Waals surface area (Å²) in [4.78, 5) is 25.3. The van der Waals surface area contributed by atoms with E-state index in [1.807, 2.05) is 13.8 Å². The van der Waals surface area contributed by atoms with Crippen LogP contribution in [0.25, 0.3) is 0 Å². The fraction of sp³-hybridized carbons (Fsp3) is 0.429. The number of hydrogen-bond acceptors (Lipinski definition) is 3. The molecule has 2 amide bonds. The Labute approximate surface area is 117 Å². The SMILES string of the molecule is CCN(CC(=O)NC(C)C)C(=O)c1ccc(F)c(N)c1. The van der Waals surface area contributed by atoms with Gasteiger partial charge in [0.05, 0.1) is 12.2 Å². The monoisotopic (exact) mass is 281 g/mol. The Morgan fingerprint density at radius 1 is 1.40 bits per heavy atom. The molecule has 0 saturated heterocycles. The molecule has 110 valence electrons. The minimum atomic E-state index is -0.567. The number of nitrogens with one attached hydrogen (secondary N) is 1. The van der Waals surface area contributed by atoms with Gasteiger partial charge < -0.3 is 16.0 Å². The molecular formula is C14H20FN3O2. The van der Waals surface area contributed by atoms with E-state index in [0.29, 0.717) is 6.54 Å². The summed E-state index contributed by atoms with van der Waals surface area (Å²) in [6, 6.07) is 3.79. The number of nitrogens with zero attached hydrogens (tertiary/aromatic N) is 1. The van der Waals surface area contributed by atoms with Crippen molar-refractivity contribution in [3.63, 3.8) is 0 Å². The van der Waals surface area contributed by atoms with Crippen molar-refractivity contribution < 1.29 is 14.0 Å². The molecule has 0 aliphatic rings. The van der Waals surface area contributed by atoms with E-state index in [4.69, 9.17) is 5.73 Å². The lowest BCUT2D eigenvalue weighted by Gasteiger charge is -2.21. The number of carbonyl (C=O) groups excluding carboxylic acids is 2. The standard InChI is InChI=1S/C14H20FN3O2/c1-4-18(8-13(19)17-9(2)3)14(20)10-5-6-11(15)12(16)7-10/h5-7,9H,4,8,16H2,1-3H3,(H,17,19). The molecule has 0 saturated carbocycles. The van der Waals surface area contributed by atoms with E-state index in [1.165, 1.54) is 17.0 Å². The minimum absolute atomic E-state index is 0.0118. The van der Waals surface area contributed by atoms with E-state index in [0.717, 1.165) is 6.07 Å². The van der Waals surface area contributed by atoms with Crippen LogP contribution in [0.4, 0.5) is 10.1 Å². The van der Waals surface area contributed by atoms with Gasteiger partial charge >= 0.3 is 0 Å². The zero-order valence-electron chi connectivity index (χ0n) is 11.9. The number of anilines is 1. The molecule has 1 aromatic rings. The summed E-state index contributed by atoms with van der Waals surface area (Å²) in [6.07, 6.45) is 0. The van der Waals surface area contributed by atoms with Crippen molar-refractivity contribution in [3.8, 4) is 0 Å². The average molecular weight is 281 g/mol. The van der Waals surface area contributed by atoms with Gasteiger partial charge in [0.2, 0.25) is 5.91 Å². The van der Waals surface area contributed by atoms with E-state index in [2.05, 4.69) is 5.32 Å². The summed E-state index contributed by atoms with van der Waals surface area (Å²) in [6.45, 7) is 5.80. The molecule has 0 radical (unpaired) electrons. The van der Waals surface area contributed by atoms with E-state index in [9.17, 15) is 14.0 Å². The van der Waals surface area contributed by atoms with Crippen LogP contribution in [0.15, 0.2) is 18.2 Å². The second-order valence-electron chi connectivity index (χ2n) is 4.78. The number of nitrogens with two attached hydrogens (primary N) is 1. The van der Waals surface area contributed by atoms with E-state index in [1.54, 1.807) is 6.92 Å². The van der Waals surface area contributed by atoms with Crippen LogP contribution < -0.4 is 11.1 Å². The van der Waals surface area contributed by atoms with Crippen LogP contribution in [0, 0.1) is 5.82 Å². The minimum Gasteiger partial charge on any atom is -0.396 e. The molecule has 0 spiro atoms. The van der Waals surface area contributed by atoms with Crippen molar-refractivity contribution in [1.82, 2.24) is 10.2 Å². The Kier molecular flexibility index (Phi) is 5.49. The van der Waals surface area contributed by atoms with Gasteiger partial charge in [-0.1, -0.05) is 0 Å². The smallest absolute Gasteiger partial charge is 0.254 e. The summed E-state index contributed by atoms with van der Waals surface area (Å²) >= 11 is 0. The van der Waals surface area contributed by atoms with E-state index < -0.39 is 5.82 Å². The summed E-state index contributed by atoms with van der Waals surface area (Å²) < 4.78 is 13.1. The second-order valence-corrected chi connectivity index (χ2v) is 4.78. The summed E-state index contributed by atoms with van der Waals surface area (Å²) in [5.41, 5.74) is 5.62. The first-order chi connectivity index (χ1) is 9.35. The van der Waals surface area contributed by atoms with Gasteiger partial charge in [-0.2, -0.15) is 0 Å². The van der Waals surface area contributed by atoms with E-state index in [-0.39, 0.29) is 35.7 Å². The van der Waals surface area contributed by atoms with Gasteiger partial charge in [-0.15, -0.1) is 0 Å². The number of nitrogen functional groups attached to an aromatic ring is 1. The molecule has 0 heterocycles. The Morgan fingerprint density at radius 3 is 2.55 bits per heavy atom. The lowest BCUT2D eigenvalue weighted by atomic mass is 10.1. The number of hydrogen-bond donors (Lipinski definition) is 2. The lowest BCUT2D eigenvalue weighted by molar-refractivity contribution is -0.122. The molecule has 1 aromatic carbocycles. The van der Waals surface area contributed by atoms with Gasteiger partial charge in [-0.3, -0.25) is 9.59 Å². The van der Waals surface area contributed by atoms with Gasteiger partial charge in [0, 0.05) is 18.2 Å². The summed E-state index contributed by atoms with van der Waals surface area (Å²) in [5.74, 6) is -1.15. The largest absolute Gasteiger partial charge is 0.396 e. The van der Waals surface area contributed by atoms with E-state index >= 15 is 0 Å². The Bertz CT molecular complexity index is 503. The Morgan fingerprint density at radius 2 is 2.05 bits per heavy atom. The molecule has 1 rings (SSSR count). The zero-order chi connectivity index (χ0) is 15.3. The molecule has 0 atom stereocenters. The highest BCUT2D eigenvalue weighted by atomic mass is 19.1. The predicted octanol–water partition coefficient (Wildman–Crippen LogP) is 1.39. The van der Waals surface area contributed by atoms with Crippen molar-refractivity contribution >= 4 is 17.5 Å². The third-order valence-electron chi connectivity index (χ3n) is 2.70. The third-order valence-corrected chi connectivity index (χ3v) is 2.70. The highest BCUT2D eigenvalue weighted by Gasteiger charge is 2.18. The van der Waals surface area contributed by atoms with Crippen LogP contribution in [0.1, 0.15) is 31.1 Å². The molecule has 0 aromatic heterocycles. The quantitative estimate of drug-likeness (QED) is 0.801. The molecule has 0 bridgehead atoms. The zero-order valence-corrected chi connectivity index (χ0v) is 11.9. The molecule has 3 N–H and O–H groups in total. The van der Waals surface area contributed by atoms with Crippen molar-refractivity contribution in [2.75, 3.05) is 18.8 Å². The Balaban J connectivity index is 2.81. The maximum absolute atomic E-state index is 13.1. The normalized spacial score (nSPS) is 10.4. The first kappa shape index (κ1) is 15.9. The fourth-order valence-corrected chi connectivity index (χ4v) is 1.73. The van der Waals surface area contributed by atoms with Gasteiger partial charge in [0.1, 0.15) is 5.82 Å². The van der Waals surface area contributed by atoms with Crippen LogP contribution in [0.3, 0.4) is 0 Å². The second kappa shape index (κ2) is 6.88. The lowest BCUT2D eigenvalue weighted by Crippen LogP contribution is -2.42.